The van der Waals surface area contributed by atoms with Crippen LogP contribution in [0.15, 0.2) is 65.3 Å². The first kappa shape index (κ1) is 21.4. The third-order valence-corrected chi connectivity index (χ3v) is 5.15. The van der Waals surface area contributed by atoms with E-state index in [9.17, 15) is 0 Å². The first-order chi connectivity index (χ1) is 14.2. The van der Waals surface area contributed by atoms with Crippen LogP contribution >= 0.6 is 27.5 Å². The van der Waals surface area contributed by atoms with E-state index in [4.69, 9.17) is 25.8 Å². The van der Waals surface area contributed by atoms with Crippen molar-refractivity contribution in [3.63, 3.8) is 0 Å². The van der Waals surface area contributed by atoms with Crippen LogP contribution in [-0.4, -0.2) is 25.2 Å². The van der Waals surface area contributed by atoms with E-state index in [1.807, 2.05) is 54.6 Å². The molecule has 1 aromatic heterocycles. The third-order valence-electron chi connectivity index (χ3n) is 4.15. The standard InChI is InChI=1S/C22H22BrClN2O3/c1-27-20-10-9-19(23)18(14-25-12-13-28-21-4-2-3-11-26-21)22(20)29-15-16-5-7-17(24)8-6-16/h2-11,25H,12-15H2,1H3. The van der Waals surface area contributed by atoms with Crippen molar-refractivity contribution >= 4 is 27.5 Å². The Morgan fingerprint density at radius 3 is 2.59 bits per heavy atom. The smallest absolute Gasteiger partial charge is 0.213 e. The molecule has 152 valence electrons. The number of rotatable bonds is 10. The predicted molar refractivity (Wildman–Crippen MR) is 118 cm³/mol. The number of nitrogens with zero attached hydrogens (tertiary/aromatic N) is 1. The summed E-state index contributed by atoms with van der Waals surface area (Å²) in [7, 11) is 1.64. The second-order valence-corrected chi connectivity index (χ2v) is 7.46. The van der Waals surface area contributed by atoms with E-state index < -0.39 is 0 Å². The summed E-state index contributed by atoms with van der Waals surface area (Å²) >= 11 is 9.57. The summed E-state index contributed by atoms with van der Waals surface area (Å²) in [5.41, 5.74) is 2.01. The van der Waals surface area contributed by atoms with E-state index in [1.165, 1.54) is 0 Å². The van der Waals surface area contributed by atoms with Crippen molar-refractivity contribution in [1.82, 2.24) is 10.3 Å². The third kappa shape index (κ3) is 6.35. The van der Waals surface area contributed by atoms with Gasteiger partial charge in [0.15, 0.2) is 11.5 Å². The zero-order valence-corrected chi connectivity index (χ0v) is 18.4. The SMILES string of the molecule is COc1ccc(Br)c(CNCCOc2ccccn2)c1OCc1ccc(Cl)cc1. The highest BCUT2D eigenvalue weighted by Gasteiger charge is 2.15. The zero-order valence-electron chi connectivity index (χ0n) is 16.0. The number of ether oxygens (including phenoxy) is 3. The molecule has 0 unspecified atom stereocenters. The van der Waals surface area contributed by atoms with Crippen molar-refractivity contribution < 1.29 is 14.2 Å². The molecule has 0 aliphatic carbocycles. The van der Waals surface area contributed by atoms with Gasteiger partial charge < -0.3 is 19.5 Å². The van der Waals surface area contributed by atoms with Gasteiger partial charge in [-0.1, -0.05) is 45.7 Å². The summed E-state index contributed by atoms with van der Waals surface area (Å²) < 4.78 is 18.2. The molecule has 0 bridgehead atoms. The monoisotopic (exact) mass is 476 g/mol. The number of nitrogens with one attached hydrogen (secondary N) is 1. The summed E-state index contributed by atoms with van der Waals surface area (Å²) in [6.07, 6.45) is 1.71. The Bertz CT molecular complexity index is 908. The van der Waals surface area contributed by atoms with E-state index in [2.05, 4.69) is 26.2 Å². The zero-order chi connectivity index (χ0) is 20.5. The normalized spacial score (nSPS) is 10.6. The van der Waals surface area contributed by atoms with Crippen LogP contribution in [0.5, 0.6) is 17.4 Å². The molecule has 0 fully saturated rings. The fourth-order valence-corrected chi connectivity index (χ4v) is 3.25. The lowest BCUT2D eigenvalue weighted by Gasteiger charge is -2.17. The Balaban J connectivity index is 1.61. The number of aromatic nitrogens is 1. The van der Waals surface area contributed by atoms with Gasteiger partial charge in [0.2, 0.25) is 5.88 Å². The second-order valence-electron chi connectivity index (χ2n) is 6.17. The molecular weight excluding hydrogens is 456 g/mol. The number of methoxy groups -OCH3 is 1. The highest BCUT2D eigenvalue weighted by Crippen LogP contribution is 2.36. The van der Waals surface area contributed by atoms with E-state index in [-0.39, 0.29) is 0 Å². The lowest BCUT2D eigenvalue weighted by Crippen LogP contribution is -2.21. The van der Waals surface area contributed by atoms with Gasteiger partial charge in [-0.15, -0.1) is 0 Å². The summed E-state index contributed by atoms with van der Waals surface area (Å²) in [4.78, 5) is 4.14. The van der Waals surface area contributed by atoms with Crippen LogP contribution in [0, 0.1) is 0 Å². The molecule has 0 spiro atoms. The average molecular weight is 478 g/mol. The molecule has 3 aromatic rings. The fourth-order valence-electron chi connectivity index (χ4n) is 2.68. The molecule has 29 heavy (non-hydrogen) atoms. The molecular formula is C22H22BrClN2O3. The van der Waals surface area contributed by atoms with Gasteiger partial charge in [0.1, 0.15) is 13.2 Å². The van der Waals surface area contributed by atoms with Crippen LogP contribution in [0.4, 0.5) is 0 Å². The van der Waals surface area contributed by atoms with Crippen molar-refractivity contribution in [1.29, 1.82) is 0 Å². The van der Waals surface area contributed by atoms with Gasteiger partial charge in [0.05, 0.1) is 7.11 Å². The van der Waals surface area contributed by atoms with Gasteiger partial charge in [-0.05, 0) is 35.9 Å². The van der Waals surface area contributed by atoms with Crippen molar-refractivity contribution in [2.45, 2.75) is 13.2 Å². The quantitative estimate of drug-likeness (QED) is 0.404. The van der Waals surface area contributed by atoms with Gasteiger partial charge in [-0.25, -0.2) is 4.98 Å². The van der Waals surface area contributed by atoms with Gasteiger partial charge in [0.25, 0.3) is 0 Å². The number of hydrogen-bond acceptors (Lipinski definition) is 5. The first-order valence-electron chi connectivity index (χ1n) is 9.14. The maximum Gasteiger partial charge on any atom is 0.213 e. The van der Waals surface area contributed by atoms with Crippen LogP contribution in [0.1, 0.15) is 11.1 Å². The van der Waals surface area contributed by atoms with E-state index >= 15 is 0 Å². The molecule has 0 radical (unpaired) electrons. The van der Waals surface area contributed by atoms with Crippen molar-refractivity contribution in [3.8, 4) is 17.4 Å². The van der Waals surface area contributed by atoms with Crippen LogP contribution in [0.3, 0.4) is 0 Å². The van der Waals surface area contributed by atoms with Crippen LogP contribution in [0.2, 0.25) is 5.02 Å². The van der Waals surface area contributed by atoms with Gasteiger partial charge in [0, 0.05) is 40.4 Å². The molecule has 0 saturated heterocycles. The van der Waals surface area contributed by atoms with Gasteiger partial charge >= 0.3 is 0 Å². The van der Waals surface area contributed by atoms with E-state index in [0.717, 1.165) is 15.6 Å². The molecule has 1 heterocycles. The van der Waals surface area contributed by atoms with E-state index in [1.54, 1.807) is 13.3 Å². The van der Waals surface area contributed by atoms with Crippen LogP contribution in [0.25, 0.3) is 0 Å². The first-order valence-corrected chi connectivity index (χ1v) is 10.3. The summed E-state index contributed by atoms with van der Waals surface area (Å²) in [6.45, 7) is 2.19. The molecule has 0 amide bonds. The highest BCUT2D eigenvalue weighted by atomic mass is 79.9. The topological polar surface area (TPSA) is 52.6 Å². The Labute approximate surface area is 184 Å². The minimum atomic E-state index is 0.416. The number of halogens is 2. The minimum Gasteiger partial charge on any atom is -0.493 e. The van der Waals surface area contributed by atoms with Crippen LogP contribution in [-0.2, 0) is 13.2 Å². The van der Waals surface area contributed by atoms with Crippen molar-refractivity contribution in [3.05, 3.63) is 81.4 Å². The minimum absolute atomic E-state index is 0.416. The Kier molecular flexibility index (Phi) is 8.16. The maximum atomic E-state index is 6.11. The summed E-state index contributed by atoms with van der Waals surface area (Å²) in [5, 5.41) is 4.07. The predicted octanol–water partition coefficient (Wildman–Crippen LogP) is 5.25. The molecule has 3 rings (SSSR count). The Hall–Kier alpha value is -2.28. The summed E-state index contributed by atoms with van der Waals surface area (Å²) in [5.74, 6) is 2.00. The fraction of sp³-hybridized carbons (Fsp3) is 0.227. The van der Waals surface area contributed by atoms with Gasteiger partial charge in [-0.3, -0.25) is 0 Å². The second kappa shape index (κ2) is 11.0. The average Bonchev–Trinajstić information content (AvgIpc) is 2.75. The van der Waals surface area contributed by atoms with Gasteiger partial charge in [-0.2, -0.15) is 0 Å². The lowest BCUT2D eigenvalue weighted by atomic mass is 10.1. The Morgan fingerprint density at radius 2 is 1.86 bits per heavy atom. The lowest BCUT2D eigenvalue weighted by molar-refractivity contribution is 0.278. The molecule has 1 N–H and O–H groups in total. The molecule has 5 nitrogen and oxygen atoms in total. The molecule has 0 aliphatic heterocycles. The van der Waals surface area contributed by atoms with E-state index in [0.29, 0.717) is 48.7 Å². The molecule has 7 heteroatoms. The number of hydrogen-bond donors (Lipinski definition) is 1. The number of benzene rings is 2. The largest absolute Gasteiger partial charge is 0.493 e. The maximum absolute atomic E-state index is 6.11. The van der Waals surface area contributed by atoms with Crippen LogP contribution < -0.4 is 19.5 Å². The van der Waals surface area contributed by atoms with Crippen molar-refractivity contribution in [2.75, 3.05) is 20.3 Å². The molecule has 0 atom stereocenters. The summed E-state index contributed by atoms with van der Waals surface area (Å²) in [6, 6.07) is 17.0. The molecule has 0 saturated carbocycles. The van der Waals surface area contributed by atoms with Crippen molar-refractivity contribution in [2.24, 2.45) is 0 Å². The molecule has 2 aromatic carbocycles. The molecule has 0 aliphatic rings. The Morgan fingerprint density at radius 1 is 1.03 bits per heavy atom. The highest BCUT2D eigenvalue weighted by molar-refractivity contribution is 9.10. The number of pyridine rings is 1.